The molecule has 1 heterocycles. The number of amides is 2. The van der Waals surface area contributed by atoms with Crippen molar-refractivity contribution < 1.29 is 19.1 Å². The lowest BCUT2D eigenvalue weighted by Crippen LogP contribution is -2.48. The second-order valence-corrected chi connectivity index (χ2v) is 5.91. The van der Waals surface area contributed by atoms with Gasteiger partial charge < -0.3 is 14.5 Å². The first-order valence-corrected chi connectivity index (χ1v) is 7.61. The van der Waals surface area contributed by atoms with Crippen LogP contribution >= 0.6 is 0 Å². The molecule has 0 aromatic heterocycles. The van der Waals surface area contributed by atoms with Gasteiger partial charge in [-0.1, -0.05) is 30.3 Å². The summed E-state index contributed by atoms with van der Waals surface area (Å²) >= 11 is 0. The topological polar surface area (TPSA) is 66.9 Å². The fourth-order valence-corrected chi connectivity index (χ4v) is 2.85. The maximum Gasteiger partial charge on any atom is 0.324 e. The minimum Gasteiger partial charge on any atom is -0.465 e. The van der Waals surface area contributed by atoms with E-state index >= 15 is 0 Å². The average Bonchev–Trinajstić information content (AvgIpc) is 2.86. The van der Waals surface area contributed by atoms with Gasteiger partial charge in [0.15, 0.2) is 5.41 Å². The van der Waals surface area contributed by atoms with Crippen LogP contribution in [-0.4, -0.2) is 54.8 Å². The van der Waals surface area contributed by atoms with Gasteiger partial charge in [0.2, 0.25) is 11.8 Å². The van der Waals surface area contributed by atoms with Crippen molar-refractivity contribution in [1.82, 2.24) is 9.80 Å². The molecule has 0 N–H and O–H groups in total. The first kappa shape index (κ1) is 17.0. The Kier molecular flexibility index (Phi) is 5.03. The van der Waals surface area contributed by atoms with Crippen LogP contribution in [0.3, 0.4) is 0 Å². The van der Waals surface area contributed by atoms with E-state index < -0.39 is 11.4 Å². The van der Waals surface area contributed by atoms with E-state index in [9.17, 15) is 14.4 Å². The van der Waals surface area contributed by atoms with Gasteiger partial charge in [-0.2, -0.15) is 0 Å². The number of likely N-dealkylation sites (tertiary alicyclic amines) is 1. The Morgan fingerprint density at radius 2 is 1.91 bits per heavy atom. The summed E-state index contributed by atoms with van der Waals surface area (Å²) in [7, 11) is 3.15. The first-order chi connectivity index (χ1) is 10.9. The van der Waals surface area contributed by atoms with Crippen molar-refractivity contribution in [2.45, 2.75) is 19.9 Å². The van der Waals surface area contributed by atoms with Gasteiger partial charge in [-0.3, -0.25) is 14.4 Å². The van der Waals surface area contributed by atoms with E-state index in [1.807, 2.05) is 30.3 Å². The zero-order chi connectivity index (χ0) is 17.0. The zero-order valence-electron chi connectivity index (χ0n) is 13.7. The van der Waals surface area contributed by atoms with Crippen molar-refractivity contribution in [2.24, 2.45) is 5.41 Å². The van der Waals surface area contributed by atoms with Gasteiger partial charge >= 0.3 is 5.97 Å². The maximum atomic E-state index is 12.6. The van der Waals surface area contributed by atoms with E-state index in [1.165, 1.54) is 4.90 Å². The molecular weight excluding hydrogens is 296 g/mol. The van der Waals surface area contributed by atoms with E-state index in [1.54, 1.807) is 25.9 Å². The molecule has 0 saturated carbocycles. The Labute approximate surface area is 136 Å². The molecule has 6 heteroatoms. The van der Waals surface area contributed by atoms with Gasteiger partial charge in [-0.25, -0.2) is 0 Å². The van der Waals surface area contributed by atoms with Gasteiger partial charge in [0.25, 0.3) is 0 Å². The smallest absolute Gasteiger partial charge is 0.324 e. The fraction of sp³-hybridized carbons (Fsp3) is 0.471. The Morgan fingerprint density at radius 1 is 1.26 bits per heavy atom. The number of hydrogen-bond donors (Lipinski definition) is 0. The molecule has 2 rings (SSSR count). The monoisotopic (exact) mass is 318 g/mol. The van der Waals surface area contributed by atoms with E-state index in [0.717, 1.165) is 5.56 Å². The molecule has 1 aromatic rings. The highest BCUT2D eigenvalue weighted by Gasteiger charge is 2.56. The summed E-state index contributed by atoms with van der Waals surface area (Å²) in [5.74, 6) is -1.22. The third kappa shape index (κ3) is 3.36. The molecule has 1 aliphatic heterocycles. The molecule has 0 spiro atoms. The lowest BCUT2D eigenvalue weighted by Gasteiger charge is -2.28. The lowest BCUT2D eigenvalue weighted by atomic mass is 9.85. The van der Waals surface area contributed by atoms with Crippen LogP contribution in [0.25, 0.3) is 0 Å². The van der Waals surface area contributed by atoms with Crippen molar-refractivity contribution in [3.8, 4) is 0 Å². The predicted octanol–water partition coefficient (Wildman–Crippen LogP) is 1.06. The molecule has 6 nitrogen and oxygen atoms in total. The third-order valence-electron chi connectivity index (χ3n) is 3.96. The molecule has 1 saturated heterocycles. The molecule has 124 valence electrons. The van der Waals surface area contributed by atoms with Crippen LogP contribution in [0.1, 0.15) is 18.9 Å². The van der Waals surface area contributed by atoms with Crippen LogP contribution < -0.4 is 0 Å². The molecule has 1 aliphatic rings. The Bertz CT molecular complexity index is 600. The highest BCUT2D eigenvalue weighted by Crippen LogP contribution is 2.35. The second kappa shape index (κ2) is 6.81. The first-order valence-electron chi connectivity index (χ1n) is 7.61. The van der Waals surface area contributed by atoms with Gasteiger partial charge in [-0.15, -0.1) is 0 Å². The molecule has 1 aromatic carbocycles. The minimum absolute atomic E-state index is 0.0522. The van der Waals surface area contributed by atoms with Crippen molar-refractivity contribution in [3.05, 3.63) is 35.9 Å². The van der Waals surface area contributed by atoms with Gasteiger partial charge in [0.05, 0.1) is 13.0 Å². The molecule has 1 atom stereocenters. The molecule has 2 amide bonds. The lowest BCUT2D eigenvalue weighted by molar-refractivity contribution is -0.163. The number of rotatable bonds is 5. The molecule has 0 radical (unpaired) electrons. The standard InChI is InChI=1S/C17H22N2O4/c1-4-23-16(22)17(15(21)18(2)3)10-14(20)19(12-17)11-13-8-6-5-7-9-13/h5-9H,4,10-12H2,1-3H3. The molecule has 1 fully saturated rings. The van der Waals surface area contributed by atoms with Crippen LogP contribution in [0.5, 0.6) is 0 Å². The number of benzene rings is 1. The SMILES string of the molecule is CCOC(=O)C1(C(=O)N(C)C)CC(=O)N(Cc2ccccc2)C1. The van der Waals surface area contributed by atoms with E-state index in [-0.39, 0.29) is 31.4 Å². The van der Waals surface area contributed by atoms with Crippen LogP contribution in [0.15, 0.2) is 30.3 Å². The Morgan fingerprint density at radius 3 is 2.48 bits per heavy atom. The number of esters is 1. The summed E-state index contributed by atoms with van der Waals surface area (Å²) in [5, 5.41) is 0. The minimum atomic E-state index is -1.44. The summed E-state index contributed by atoms with van der Waals surface area (Å²) in [6.45, 7) is 2.29. The molecular formula is C17H22N2O4. The second-order valence-electron chi connectivity index (χ2n) is 5.91. The predicted molar refractivity (Wildman–Crippen MR) is 84.2 cm³/mol. The van der Waals surface area contributed by atoms with E-state index in [4.69, 9.17) is 4.74 Å². The van der Waals surface area contributed by atoms with E-state index in [0.29, 0.717) is 6.54 Å². The fourth-order valence-electron chi connectivity index (χ4n) is 2.85. The summed E-state index contributed by atoms with van der Waals surface area (Å²) in [6, 6.07) is 9.49. The molecule has 0 bridgehead atoms. The van der Waals surface area contributed by atoms with Crippen molar-refractivity contribution in [3.63, 3.8) is 0 Å². The number of carbonyl (C=O) groups excluding carboxylic acids is 3. The zero-order valence-corrected chi connectivity index (χ0v) is 13.7. The average molecular weight is 318 g/mol. The number of hydrogen-bond acceptors (Lipinski definition) is 4. The summed E-state index contributed by atoms with van der Waals surface area (Å²) < 4.78 is 5.08. The normalized spacial score (nSPS) is 20.5. The van der Waals surface area contributed by atoms with Crippen molar-refractivity contribution >= 4 is 17.8 Å². The van der Waals surface area contributed by atoms with Crippen molar-refractivity contribution in [1.29, 1.82) is 0 Å². The van der Waals surface area contributed by atoms with E-state index in [2.05, 4.69) is 0 Å². The highest BCUT2D eigenvalue weighted by molar-refractivity contribution is 6.08. The summed E-state index contributed by atoms with van der Waals surface area (Å²) in [5.41, 5.74) is -0.483. The molecule has 0 aliphatic carbocycles. The molecule has 23 heavy (non-hydrogen) atoms. The highest BCUT2D eigenvalue weighted by atomic mass is 16.5. The quantitative estimate of drug-likeness (QED) is 0.601. The van der Waals surface area contributed by atoms with Crippen LogP contribution in [0, 0.1) is 5.41 Å². The Balaban J connectivity index is 2.26. The summed E-state index contributed by atoms with van der Waals surface area (Å²) in [6.07, 6.45) is -0.143. The number of carbonyl (C=O) groups is 3. The van der Waals surface area contributed by atoms with Crippen LogP contribution in [-0.2, 0) is 25.7 Å². The van der Waals surface area contributed by atoms with Gasteiger partial charge in [-0.05, 0) is 12.5 Å². The van der Waals surface area contributed by atoms with Crippen molar-refractivity contribution in [2.75, 3.05) is 27.2 Å². The Hall–Kier alpha value is -2.37. The number of nitrogens with zero attached hydrogens (tertiary/aromatic N) is 2. The number of ether oxygens (including phenoxy) is 1. The van der Waals surface area contributed by atoms with Crippen LogP contribution in [0.4, 0.5) is 0 Å². The molecule has 1 unspecified atom stereocenters. The third-order valence-corrected chi connectivity index (χ3v) is 3.96. The largest absolute Gasteiger partial charge is 0.465 e. The summed E-state index contributed by atoms with van der Waals surface area (Å²) in [4.78, 5) is 40.3. The van der Waals surface area contributed by atoms with Gasteiger partial charge in [0.1, 0.15) is 0 Å². The van der Waals surface area contributed by atoms with Gasteiger partial charge in [0, 0.05) is 27.2 Å². The maximum absolute atomic E-state index is 12.6. The van der Waals surface area contributed by atoms with Crippen LogP contribution in [0.2, 0.25) is 0 Å².